The molecule has 1 heterocycles. The largest absolute Gasteiger partial charge is 0.287 e. The Morgan fingerprint density at radius 1 is 1.25 bits per heavy atom. The van der Waals surface area contributed by atoms with Crippen molar-refractivity contribution in [1.29, 1.82) is 0 Å². The molecule has 2 nitrogen and oxygen atoms in total. The van der Waals surface area contributed by atoms with Crippen molar-refractivity contribution >= 4 is 16.8 Å². The minimum absolute atomic E-state index is 0.448. The molecule has 1 aromatic heterocycles. The van der Waals surface area contributed by atoms with Crippen molar-refractivity contribution in [3.8, 4) is 0 Å². The van der Waals surface area contributed by atoms with Crippen molar-refractivity contribution in [3.63, 3.8) is 0 Å². The number of aromatic nitrogens is 1. The highest BCUT2D eigenvalue weighted by Gasteiger charge is 2.01. The third kappa shape index (κ3) is 0.925. The van der Waals surface area contributed by atoms with Gasteiger partial charge in [0.15, 0.2) is 0 Å². The van der Waals surface area contributed by atoms with Gasteiger partial charge in [-0.05, 0) is 12.1 Å². The van der Waals surface area contributed by atoms with Gasteiger partial charge in [-0.2, -0.15) is 0 Å². The predicted octanol–water partition coefficient (Wildman–Crippen LogP) is 1.99. The van der Waals surface area contributed by atoms with E-state index in [9.17, 15) is 4.79 Å². The molecule has 0 fully saturated rings. The van der Waals surface area contributed by atoms with E-state index in [1.807, 2.05) is 30.3 Å². The smallest absolute Gasteiger partial charge is 0.235 e. The lowest BCUT2D eigenvalue weighted by Crippen LogP contribution is -2.02. The van der Waals surface area contributed by atoms with Crippen LogP contribution in [0.3, 0.4) is 0 Å². The van der Waals surface area contributed by atoms with Crippen LogP contribution < -0.4 is 0 Å². The van der Waals surface area contributed by atoms with E-state index in [-0.39, 0.29) is 0 Å². The van der Waals surface area contributed by atoms with E-state index < -0.39 is 5.91 Å². The molecule has 0 spiro atoms. The highest BCUT2D eigenvalue weighted by Crippen LogP contribution is 2.14. The highest BCUT2D eigenvalue weighted by atomic mass is 16.1. The standard InChI is InChI=1S/C10H7NO/c1-8(12)11-7-6-9-4-2-3-5-10(9)11/h1-7H. The summed E-state index contributed by atoms with van der Waals surface area (Å²) in [4.78, 5) is 10.9. The zero-order valence-corrected chi connectivity index (χ0v) is 6.40. The van der Waals surface area contributed by atoms with Gasteiger partial charge in [0.05, 0.1) is 12.4 Å². The second kappa shape index (κ2) is 2.48. The zero-order chi connectivity index (χ0) is 8.55. The summed E-state index contributed by atoms with van der Waals surface area (Å²) in [5, 5.41) is 1.02. The number of benzene rings is 1. The van der Waals surface area contributed by atoms with Crippen LogP contribution in [0.1, 0.15) is 4.79 Å². The van der Waals surface area contributed by atoms with Gasteiger partial charge in [-0.15, -0.1) is 0 Å². The molecule has 58 valence electrons. The SMILES string of the molecule is [CH]C(=O)n1ccc2ccccc21. The summed E-state index contributed by atoms with van der Waals surface area (Å²) in [7, 11) is 0. The Morgan fingerprint density at radius 2 is 2.00 bits per heavy atom. The van der Waals surface area contributed by atoms with Crippen LogP contribution in [-0.4, -0.2) is 10.5 Å². The van der Waals surface area contributed by atoms with E-state index in [2.05, 4.69) is 0 Å². The monoisotopic (exact) mass is 157 g/mol. The van der Waals surface area contributed by atoms with Crippen molar-refractivity contribution in [3.05, 3.63) is 43.5 Å². The molecule has 2 radical (unpaired) electrons. The molecule has 0 atom stereocenters. The summed E-state index contributed by atoms with van der Waals surface area (Å²) in [6, 6.07) is 9.46. The number of carbonyl (C=O) groups excluding carboxylic acids is 1. The molecule has 0 aliphatic heterocycles. The van der Waals surface area contributed by atoms with Gasteiger partial charge >= 0.3 is 0 Å². The maximum absolute atomic E-state index is 10.9. The van der Waals surface area contributed by atoms with Crippen LogP contribution in [0.25, 0.3) is 10.9 Å². The minimum Gasteiger partial charge on any atom is -0.287 e. The first-order chi connectivity index (χ1) is 5.79. The van der Waals surface area contributed by atoms with Gasteiger partial charge in [-0.25, -0.2) is 0 Å². The molecule has 1 aromatic carbocycles. The first-order valence-electron chi connectivity index (χ1n) is 3.65. The summed E-state index contributed by atoms with van der Waals surface area (Å²) < 4.78 is 1.43. The second-order valence-corrected chi connectivity index (χ2v) is 2.58. The van der Waals surface area contributed by atoms with Crippen LogP contribution in [0.15, 0.2) is 36.5 Å². The van der Waals surface area contributed by atoms with E-state index in [1.54, 1.807) is 6.20 Å². The number of hydrogen-bond acceptors (Lipinski definition) is 1. The van der Waals surface area contributed by atoms with Crippen LogP contribution in [0, 0.1) is 6.92 Å². The Kier molecular flexibility index (Phi) is 1.47. The van der Waals surface area contributed by atoms with Crippen molar-refractivity contribution < 1.29 is 4.79 Å². The first kappa shape index (κ1) is 7.10. The molecule has 0 bridgehead atoms. The summed E-state index contributed by atoms with van der Waals surface area (Å²) in [5.41, 5.74) is 0.852. The molecule has 0 saturated heterocycles. The van der Waals surface area contributed by atoms with E-state index in [4.69, 9.17) is 6.92 Å². The average Bonchev–Trinajstić information content (AvgIpc) is 2.47. The van der Waals surface area contributed by atoms with Crippen LogP contribution >= 0.6 is 0 Å². The van der Waals surface area contributed by atoms with Gasteiger partial charge in [-0.3, -0.25) is 9.36 Å². The van der Waals surface area contributed by atoms with Crippen LogP contribution in [0.2, 0.25) is 0 Å². The zero-order valence-electron chi connectivity index (χ0n) is 6.40. The van der Waals surface area contributed by atoms with Gasteiger partial charge in [0.2, 0.25) is 5.91 Å². The van der Waals surface area contributed by atoms with E-state index in [0.29, 0.717) is 0 Å². The molecule has 0 saturated carbocycles. The van der Waals surface area contributed by atoms with Gasteiger partial charge in [-0.1, -0.05) is 18.2 Å². The van der Waals surface area contributed by atoms with Crippen molar-refractivity contribution in [1.82, 2.24) is 4.57 Å². The van der Waals surface area contributed by atoms with Gasteiger partial charge in [0, 0.05) is 11.6 Å². The Bertz CT molecular complexity index is 428. The van der Waals surface area contributed by atoms with Crippen LogP contribution in [-0.2, 0) is 0 Å². The molecular weight excluding hydrogens is 150 g/mol. The lowest BCUT2D eigenvalue weighted by molar-refractivity contribution is 0.0971. The normalized spacial score (nSPS) is 10.4. The highest BCUT2D eigenvalue weighted by molar-refractivity contribution is 5.94. The van der Waals surface area contributed by atoms with E-state index >= 15 is 0 Å². The topological polar surface area (TPSA) is 22.0 Å². The molecular formula is C10H7NO. The Hall–Kier alpha value is -1.57. The van der Waals surface area contributed by atoms with Crippen molar-refractivity contribution in [2.45, 2.75) is 0 Å². The molecule has 2 aromatic rings. The number of rotatable bonds is 0. The molecule has 0 unspecified atom stereocenters. The van der Waals surface area contributed by atoms with Crippen molar-refractivity contribution in [2.75, 3.05) is 0 Å². The number of para-hydroxylation sites is 1. The maximum Gasteiger partial charge on any atom is 0.235 e. The Morgan fingerprint density at radius 3 is 2.75 bits per heavy atom. The molecule has 0 aliphatic carbocycles. The molecule has 12 heavy (non-hydrogen) atoms. The van der Waals surface area contributed by atoms with Crippen LogP contribution in [0.4, 0.5) is 0 Å². The Balaban J connectivity index is 2.79. The number of nitrogens with zero attached hydrogens (tertiary/aromatic N) is 1. The van der Waals surface area contributed by atoms with Gasteiger partial charge in [0.1, 0.15) is 0 Å². The Labute approximate surface area is 70.4 Å². The summed E-state index contributed by atoms with van der Waals surface area (Å²) in [6.07, 6.45) is 1.67. The minimum atomic E-state index is -0.448. The summed E-state index contributed by atoms with van der Waals surface area (Å²) in [5.74, 6) is -0.448. The van der Waals surface area contributed by atoms with Crippen LogP contribution in [0.5, 0.6) is 0 Å². The fraction of sp³-hybridized carbons (Fsp3) is 0. The third-order valence-corrected chi connectivity index (χ3v) is 1.84. The van der Waals surface area contributed by atoms with E-state index in [0.717, 1.165) is 10.9 Å². The molecule has 2 rings (SSSR count). The molecule has 0 aliphatic rings. The molecule has 2 heteroatoms. The average molecular weight is 157 g/mol. The fourth-order valence-corrected chi connectivity index (χ4v) is 1.28. The predicted molar refractivity (Wildman–Crippen MR) is 46.9 cm³/mol. The fourth-order valence-electron chi connectivity index (χ4n) is 1.28. The first-order valence-corrected chi connectivity index (χ1v) is 3.65. The number of hydrogen-bond donors (Lipinski definition) is 0. The number of carbonyl (C=O) groups is 1. The van der Waals surface area contributed by atoms with E-state index in [1.165, 1.54) is 4.57 Å². The molecule has 0 amide bonds. The van der Waals surface area contributed by atoms with Gasteiger partial charge < -0.3 is 0 Å². The second-order valence-electron chi connectivity index (χ2n) is 2.58. The van der Waals surface area contributed by atoms with Crippen molar-refractivity contribution in [2.24, 2.45) is 0 Å². The lowest BCUT2D eigenvalue weighted by Gasteiger charge is -1.96. The van der Waals surface area contributed by atoms with Gasteiger partial charge in [0.25, 0.3) is 0 Å². The maximum atomic E-state index is 10.9. The summed E-state index contributed by atoms with van der Waals surface area (Å²) >= 11 is 0. The molecule has 0 N–H and O–H groups in total. The third-order valence-electron chi connectivity index (χ3n) is 1.84. The number of fused-ring (bicyclic) bond motifs is 1. The quantitative estimate of drug-likeness (QED) is 0.573. The summed E-state index contributed by atoms with van der Waals surface area (Å²) in [6.45, 7) is 5.15. The lowest BCUT2D eigenvalue weighted by atomic mass is 10.2.